The molecule has 0 aliphatic heterocycles. The van der Waals surface area contributed by atoms with Crippen LogP contribution in [-0.4, -0.2) is 33.5 Å². The van der Waals surface area contributed by atoms with Gasteiger partial charge in [0, 0.05) is 18.8 Å². The molecule has 0 bridgehead atoms. The molecule has 1 fully saturated rings. The number of hydrogen-bond donors (Lipinski definition) is 3. The van der Waals surface area contributed by atoms with Gasteiger partial charge in [-0.25, -0.2) is 0 Å². The fourth-order valence-electron chi connectivity index (χ4n) is 3.02. The van der Waals surface area contributed by atoms with Crippen LogP contribution in [0.15, 0.2) is 24.3 Å². The van der Waals surface area contributed by atoms with E-state index in [9.17, 15) is 15.0 Å². The van der Waals surface area contributed by atoms with Crippen molar-refractivity contribution in [1.82, 2.24) is 0 Å². The molecule has 4 heteroatoms. The molecule has 4 atom stereocenters. The second kappa shape index (κ2) is 10.6. The third kappa shape index (κ3) is 6.75. The van der Waals surface area contributed by atoms with E-state index in [4.69, 9.17) is 5.11 Å². The van der Waals surface area contributed by atoms with Crippen LogP contribution in [0.2, 0.25) is 0 Å². The minimum Gasteiger partial charge on any atom is -0.481 e. The zero-order chi connectivity index (χ0) is 16.4. The van der Waals surface area contributed by atoms with Gasteiger partial charge in [0.05, 0.1) is 12.2 Å². The molecule has 0 aromatic rings. The van der Waals surface area contributed by atoms with E-state index in [1.807, 2.05) is 12.2 Å². The highest BCUT2D eigenvalue weighted by molar-refractivity contribution is 5.66. The van der Waals surface area contributed by atoms with Crippen molar-refractivity contribution in [3.05, 3.63) is 24.3 Å². The van der Waals surface area contributed by atoms with Crippen LogP contribution >= 0.6 is 0 Å². The lowest BCUT2D eigenvalue weighted by Crippen LogP contribution is -2.19. The maximum Gasteiger partial charge on any atom is 0.303 e. The molecule has 0 saturated heterocycles. The number of allylic oxidation sites excluding steroid dienone is 3. The van der Waals surface area contributed by atoms with Crippen LogP contribution < -0.4 is 0 Å². The van der Waals surface area contributed by atoms with Crippen molar-refractivity contribution < 1.29 is 20.1 Å². The van der Waals surface area contributed by atoms with Crippen molar-refractivity contribution in [1.29, 1.82) is 0 Å². The quantitative estimate of drug-likeness (QED) is 0.427. The molecule has 0 aromatic heterocycles. The molecule has 0 heterocycles. The molecule has 1 rings (SSSR count). The van der Waals surface area contributed by atoms with Gasteiger partial charge in [-0.2, -0.15) is 0 Å². The molecule has 1 saturated carbocycles. The van der Waals surface area contributed by atoms with E-state index in [0.717, 1.165) is 32.1 Å². The molecular weight excluding hydrogens is 280 g/mol. The minimum absolute atomic E-state index is 0.0236. The summed E-state index contributed by atoms with van der Waals surface area (Å²) in [5.41, 5.74) is 0. The number of carboxylic acid groups (broad SMARTS) is 1. The van der Waals surface area contributed by atoms with Gasteiger partial charge in [-0.05, 0) is 31.6 Å². The smallest absolute Gasteiger partial charge is 0.303 e. The number of unbranched alkanes of at least 4 members (excludes halogenated alkanes) is 3. The molecule has 1 aliphatic rings. The average Bonchev–Trinajstić information content (AvgIpc) is 2.73. The Balaban J connectivity index is 2.41. The highest BCUT2D eigenvalue weighted by Gasteiger charge is 2.39. The Morgan fingerprint density at radius 3 is 2.50 bits per heavy atom. The molecule has 0 aromatic carbocycles. The standard InChI is InChI=1S/C18H30O4/c1-2-3-4-7-10-14-15(17(20)13-16(14)19)11-8-5-6-9-12-18(21)22/h5,7-8,10,14-17,19-20H,2-4,6,9,11-13H2,1H3,(H,21,22)/b8-5-,10-7+/t14-,15+,16+,17-/m1/s1. The maximum absolute atomic E-state index is 10.4. The first-order valence-electron chi connectivity index (χ1n) is 8.45. The predicted octanol–water partition coefficient (Wildman–Crippen LogP) is 3.29. The van der Waals surface area contributed by atoms with E-state index >= 15 is 0 Å². The summed E-state index contributed by atoms with van der Waals surface area (Å²) in [6.07, 6.45) is 13.4. The fourth-order valence-corrected chi connectivity index (χ4v) is 3.02. The largest absolute Gasteiger partial charge is 0.481 e. The lowest BCUT2D eigenvalue weighted by molar-refractivity contribution is -0.137. The second-order valence-corrected chi connectivity index (χ2v) is 6.18. The summed E-state index contributed by atoms with van der Waals surface area (Å²) in [6.45, 7) is 2.15. The van der Waals surface area contributed by atoms with Crippen molar-refractivity contribution in [2.24, 2.45) is 11.8 Å². The predicted molar refractivity (Wildman–Crippen MR) is 87.5 cm³/mol. The van der Waals surface area contributed by atoms with Crippen molar-refractivity contribution in [3.63, 3.8) is 0 Å². The first-order valence-corrected chi connectivity index (χ1v) is 8.45. The molecule has 1 aliphatic carbocycles. The monoisotopic (exact) mass is 310 g/mol. The van der Waals surface area contributed by atoms with Crippen LogP contribution in [0, 0.1) is 11.8 Å². The minimum atomic E-state index is -0.764. The van der Waals surface area contributed by atoms with Crippen molar-refractivity contribution in [2.75, 3.05) is 0 Å². The summed E-state index contributed by atoms with van der Waals surface area (Å²) in [5.74, 6) is -0.681. The van der Waals surface area contributed by atoms with Crippen LogP contribution in [0.25, 0.3) is 0 Å². The van der Waals surface area contributed by atoms with E-state index in [1.165, 1.54) is 0 Å². The molecular formula is C18H30O4. The number of aliphatic hydroxyl groups is 2. The molecule has 22 heavy (non-hydrogen) atoms. The Bertz CT molecular complexity index is 375. The van der Waals surface area contributed by atoms with E-state index in [0.29, 0.717) is 12.8 Å². The number of carboxylic acids is 1. The third-order valence-electron chi connectivity index (χ3n) is 4.33. The Morgan fingerprint density at radius 2 is 1.82 bits per heavy atom. The summed E-state index contributed by atoms with van der Waals surface area (Å²) < 4.78 is 0. The Labute approximate surface area is 133 Å². The SMILES string of the molecule is CCCC/C=C/[C@@H]1[C@H](C/C=C\CCCC(=O)O)[C@H](O)C[C@@H]1O. The summed E-state index contributed by atoms with van der Waals surface area (Å²) in [7, 11) is 0. The van der Waals surface area contributed by atoms with E-state index in [2.05, 4.69) is 19.1 Å². The van der Waals surface area contributed by atoms with Gasteiger partial charge in [-0.3, -0.25) is 4.79 Å². The third-order valence-corrected chi connectivity index (χ3v) is 4.33. The molecule has 0 spiro atoms. The average molecular weight is 310 g/mol. The summed E-state index contributed by atoms with van der Waals surface area (Å²) in [5, 5.41) is 28.8. The highest BCUT2D eigenvalue weighted by atomic mass is 16.4. The normalized spacial score (nSPS) is 28.9. The fraction of sp³-hybridized carbons (Fsp3) is 0.722. The van der Waals surface area contributed by atoms with Crippen molar-refractivity contribution in [2.45, 2.75) is 70.5 Å². The van der Waals surface area contributed by atoms with Gasteiger partial charge in [-0.15, -0.1) is 0 Å². The first kappa shape index (κ1) is 18.9. The molecule has 0 amide bonds. The maximum atomic E-state index is 10.4. The van der Waals surface area contributed by atoms with Gasteiger partial charge in [0.1, 0.15) is 0 Å². The summed E-state index contributed by atoms with van der Waals surface area (Å²) in [4.78, 5) is 10.4. The summed E-state index contributed by atoms with van der Waals surface area (Å²) >= 11 is 0. The van der Waals surface area contributed by atoms with Gasteiger partial charge in [0.15, 0.2) is 0 Å². The lowest BCUT2D eigenvalue weighted by atomic mass is 9.89. The van der Waals surface area contributed by atoms with Crippen molar-refractivity contribution >= 4 is 5.97 Å². The highest BCUT2D eigenvalue weighted by Crippen LogP contribution is 2.36. The Kier molecular flexibility index (Phi) is 9.09. The van der Waals surface area contributed by atoms with E-state index in [-0.39, 0.29) is 18.3 Å². The molecule has 126 valence electrons. The molecule has 4 nitrogen and oxygen atoms in total. The molecule has 3 N–H and O–H groups in total. The number of aliphatic carboxylic acids is 1. The number of hydrogen-bond acceptors (Lipinski definition) is 3. The van der Waals surface area contributed by atoms with Crippen LogP contribution in [0.5, 0.6) is 0 Å². The summed E-state index contributed by atoms with van der Waals surface area (Å²) in [6, 6.07) is 0. The molecule has 0 radical (unpaired) electrons. The number of rotatable bonds is 10. The van der Waals surface area contributed by atoms with Crippen LogP contribution in [-0.2, 0) is 4.79 Å². The van der Waals surface area contributed by atoms with Crippen LogP contribution in [0.3, 0.4) is 0 Å². The zero-order valence-electron chi connectivity index (χ0n) is 13.5. The first-order chi connectivity index (χ1) is 10.6. The van der Waals surface area contributed by atoms with Crippen LogP contribution in [0.4, 0.5) is 0 Å². The van der Waals surface area contributed by atoms with Gasteiger partial charge in [0.25, 0.3) is 0 Å². The van der Waals surface area contributed by atoms with E-state index < -0.39 is 18.2 Å². The molecule has 0 unspecified atom stereocenters. The van der Waals surface area contributed by atoms with Gasteiger partial charge < -0.3 is 15.3 Å². The van der Waals surface area contributed by atoms with Gasteiger partial charge in [-0.1, -0.05) is 44.1 Å². The number of aliphatic hydroxyl groups excluding tert-OH is 2. The Morgan fingerprint density at radius 1 is 1.09 bits per heavy atom. The van der Waals surface area contributed by atoms with Gasteiger partial charge in [0.2, 0.25) is 0 Å². The van der Waals surface area contributed by atoms with Crippen molar-refractivity contribution in [3.8, 4) is 0 Å². The number of carbonyl (C=O) groups is 1. The van der Waals surface area contributed by atoms with E-state index in [1.54, 1.807) is 0 Å². The second-order valence-electron chi connectivity index (χ2n) is 6.18. The van der Waals surface area contributed by atoms with Crippen LogP contribution in [0.1, 0.15) is 58.3 Å². The van der Waals surface area contributed by atoms with Gasteiger partial charge >= 0.3 is 5.97 Å². The zero-order valence-corrected chi connectivity index (χ0v) is 13.5. The lowest BCUT2D eigenvalue weighted by Gasteiger charge is -2.19. The Hall–Kier alpha value is -1.13. The topological polar surface area (TPSA) is 77.8 Å².